The molecule has 0 saturated heterocycles. The standard InChI is InChI=1S/C19H17N5OS/c1-13-14(2)26-19(23-9-3-4-10-23)17(13)18(25)22-15-6-7-16(20-12-15)24-11-5-8-21-24/h3-12H,1-2H3,(H,22,25). The molecular formula is C19H17N5OS. The van der Waals surface area contributed by atoms with Gasteiger partial charge in [0.2, 0.25) is 0 Å². The molecule has 0 spiro atoms. The maximum absolute atomic E-state index is 12.9. The monoisotopic (exact) mass is 363 g/mol. The normalized spacial score (nSPS) is 10.8. The highest BCUT2D eigenvalue weighted by Crippen LogP contribution is 2.31. The van der Waals surface area contributed by atoms with Crippen molar-refractivity contribution in [3.05, 3.63) is 77.3 Å². The second kappa shape index (κ2) is 6.61. The van der Waals surface area contributed by atoms with Crippen LogP contribution in [-0.2, 0) is 0 Å². The van der Waals surface area contributed by atoms with Gasteiger partial charge < -0.3 is 9.88 Å². The van der Waals surface area contributed by atoms with Gasteiger partial charge in [-0.15, -0.1) is 11.3 Å². The van der Waals surface area contributed by atoms with Crippen LogP contribution in [0, 0.1) is 13.8 Å². The smallest absolute Gasteiger partial charge is 0.259 e. The van der Waals surface area contributed by atoms with Gasteiger partial charge in [0.1, 0.15) is 5.00 Å². The van der Waals surface area contributed by atoms with E-state index in [0.717, 1.165) is 15.4 Å². The molecule has 0 fully saturated rings. The first-order chi connectivity index (χ1) is 12.6. The van der Waals surface area contributed by atoms with Gasteiger partial charge in [-0.25, -0.2) is 9.67 Å². The van der Waals surface area contributed by atoms with Crippen molar-refractivity contribution in [2.24, 2.45) is 0 Å². The highest BCUT2D eigenvalue weighted by molar-refractivity contribution is 7.15. The number of aryl methyl sites for hydroxylation is 1. The molecule has 1 amide bonds. The van der Waals surface area contributed by atoms with Crippen molar-refractivity contribution >= 4 is 22.9 Å². The number of hydrogen-bond donors (Lipinski definition) is 1. The zero-order chi connectivity index (χ0) is 18.1. The first-order valence-electron chi connectivity index (χ1n) is 8.14. The second-order valence-corrected chi connectivity index (χ2v) is 7.07. The van der Waals surface area contributed by atoms with Crippen LogP contribution in [0.25, 0.3) is 10.8 Å². The van der Waals surface area contributed by atoms with Gasteiger partial charge in [-0.2, -0.15) is 5.10 Å². The molecule has 4 aromatic rings. The van der Waals surface area contributed by atoms with Crippen LogP contribution in [0.15, 0.2) is 61.3 Å². The van der Waals surface area contributed by atoms with Gasteiger partial charge in [-0.1, -0.05) is 0 Å². The Morgan fingerprint density at radius 1 is 1.12 bits per heavy atom. The Balaban J connectivity index is 1.61. The average molecular weight is 363 g/mol. The summed E-state index contributed by atoms with van der Waals surface area (Å²) < 4.78 is 3.64. The molecule has 4 heterocycles. The van der Waals surface area contributed by atoms with Gasteiger partial charge in [0.25, 0.3) is 5.91 Å². The SMILES string of the molecule is Cc1sc(-n2cccc2)c(C(=O)Nc2ccc(-n3cccn3)nc2)c1C. The molecule has 26 heavy (non-hydrogen) atoms. The summed E-state index contributed by atoms with van der Waals surface area (Å²) in [5.74, 6) is 0.563. The van der Waals surface area contributed by atoms with E-state index < -0.39 is 0 Å². The number of thiophene rings is 1. The van der Waals surface area contributed by atoms with E-state index in [1.54, 1.807) is 28.4 Å². The first-order valence-corrected chi connectivity index (χ1v) is 8.96. The molecule has 7 heteroatoms. The van der Waals surface area contributed by atoms with E-state index in [-0.39, 0.29) is 5.91 Å². The van der Waals surface area contributed by atoms with E-state index in [9.17, 15) is 4.79 Å². The number of rotatable bonds is 4. The molecule has 0 aromatic carbocycles. The quantitative estimate of drug-likeness (QED) is 0.596. The van der Waals surface area contributed by atoms with Gasteiger partial charge in [-0.05, 0) is 49.7 Å². The third-order valence-electron chi connectivity index (χ3n) is 4.18. The summed E-state index contributed by atoms with van der Waals surface area (Å²) in [4.78, 5) is 18.4. The molecule has 0 aliphatic carbocycles. The highest BCUT2D eigenvalue weighted by Gasteiger charge is 2.20. The van der Waals surface area contributed by atoms with E-state index in [0.29, 0.717) is 17.1 Å². The van der Waals surface area contributed by atoms with Gasteiger partial charge in [0.15, 0.2) is 5.82 Å². The fourth-order valence-electron chi connectivity index (χ4n) is 2.72. The maximum Gasteiger partial charge on any atom is 0.259 e. The Labute approximate surface area is 154 Å². The van der Waals surface area contributed by atoms with Crippen LogP contribution < -0.4 is 5.32 Å². The second-order valence-electron chi connectivity index (χ2n) is 5.86. The van der Waals surface area contributed by atoms with Gasteiger partial charge in [0, 0.05) is 29.7 Å². The molecule has 0 aliphatic rings. The van der Waals surface area contributed by atoms with Gasteiger partial charge in [-0.3, -0.25) is 4.79 Å². The Morgan fingerprint density at radius 3 is 2.58 bits per heavy atom. The molecule has 0 atom stereocenters. The number of nitrogens with one attached hydrogen (secondary N) is 1. The van der Waals surface area contributed by atoms with Crippen LogP contribution in [0.2, 0.25) is 0 Å². The molecule has 0 radical (unpaired) electrons. The van der Waals surface area contributed by atoms with Crippen molar-refractivity contribution in [1.82, 2.24) is 19.3 Å². The van der Waals surface area contributed by atoms with Crippen molar-refractivity contribution in [2.75, 3.05) is 5.32 Å². The fraction of sp³-hybridized carbons (Fsp3) is 0.105. The Bertz CT molecular complexity index is 1030. The Hall–Kier alpha value is -3.19. The predicted molar refractivity (Wildman–Crippen MR) is 102 cm³/mol. The fourth-order valence-corrected chi connectivity index (χ4v) is 3.84. The lowest BCUT2D eigenvalue weighted by Gasteiger charge is -2.09. The molecule has 130 valence electrons. The summed E-state index contributed by atoms with van der Waals surface area (Å²) in [6.07, 6.45) is 9.05. The van der Waals surface area contributed by atoms with E-state index in [2.05, 4.69) is 15.4 Å². The van der Waals surface area contributed by atoms with Gasteiger partial charge >= 0.3 is 0 Å². The van der Waals surface area contributed by atoms with Crippen LogP contribution >= 0.6 is 11.3 Å². The molecule has 0 aliphatic heterocycles. The van der Waals surface area contributed by atoms with E-state index >= 15 is 0 Å². The van der Waals surface area contributed by atoms with Crippen molar-refractivity contribution in [1.29, 1.82) is 0 Å². The van der Waals surface area contributed by atoms with Crippen molar-refractivity contribution in [2.45, 2.75) is 13.8 Å². The number of nitrogens with zero attached hydrogens (tertiary/aromatic N) is 4. The molecule has 0 unspecified atom stereocenters. The zero-order valence-electron chi connectivity index (χ0n) is 14.4. The number of pyridine rings is 1. The summed E-state index contributed by atoms with van der Waals surface area (Å²) in [7, 11) is 0. The molecular weight excluding hydrogens is 346 g/mol. The minimum absolute atomic E-state index is 0.135. The van der Waals surface area contributed by atoms with E-state index in [4.69, 9.17) is 0 Å². The number of anilines is 1. The largest absolute Gasteiger partial charge is 0.320 e. The van der Waals surface area contributed by atoms with Crippen molar-refractivity contribution < 1.29 is 4.79 Å². The lowest BCUT2D eigenvalue weighted by atomic mass is 10.1. The summed E-state index contributed by atoms with van der Waals surface area (Å²) >= 11 is 1.61. The number of carbonyl (C=O) groups is 1. The van der Waals surface area contributed by atoms with Crippen LogP contribution in [0.4, 0.5) is 5.69 Å². The summed E-state index contributed by atoms with van der Waals surface area (Å²) in [6, 6.07) is 9.38. The molecule has 0 saturated carbocycles. The zero-order valence-corrected chi connectivity index (χ0v) is 15.2. The summed E-state index contributed by atoms with van der Waals surface area (Å²) in [6.45, 7) is 4.01. The van der Waals surface area contributed by atoms with Crippen molar-refractivity contribution in [3.63, 3.8) is 0 Å². The van der Waals surface area contributed by atoms with Crippen LogP contribution in [0.3, 0.4) is 0 Å². The minimum Gasteiger partial charge on any atom is -0.320 e. The average Bonchev–Trinajstić information content (AvgIpc) is 3.38. The Morgan fingerprint density at radius 2 is 1.92 bits per heavy atom. The molecule has 4 rings (SSSR count). The third-order valence-corrected chi connectivity index (χ3v) is 5.40. The minimum atomic E-state index is -0.135. The van der Waals surface area contributed by atoms with Gasteiger partial charge in [0.05, 0.1) is 17.4 Å². The molecule has 4 aromatic heterocycles. The number of carbonyl (C=O) groups excluding carboxylic acids is 1. The van der Waals surface area contributed by atoms with Crippen LogP contribution in [0.5, 0.6) is 0 Å². The van der Waals surface area contributed by atoms with E-state index in [1.807, 2.05) is 67.3 Å². The highest BCUT2D eigenvalue weighted by atomic mass is 32.1. The number of aromatic nitrogens is 4. The number of amides is 1. The first kappa shape index (κ1) is 16.3. The molecule has 1 N–H and O–H groups in total. The Kier molecular flexibility index (Phi) is 4.14. The predicted octanol–water partition coefficient (Wildman–Crippen LogP) is 3.99. The maximum atomic E-state index is 12.9. The number of hydrogen-bond acceptors (Lipinski definition) is 4. The van der Waals surface area contributed by atoms with Crippen molar-refractivity contribution in [3.8, 4) is 10.8 Å². The molecule has 0 bridgehead atoms. The summed E-state index contributed by atoms with van der Waals surface area (Å²) in [5, 5.41) is 8.01. The summed E-state index contributed by atoms with van der Waals surface area (Å²) in [5.41, 5.74) is 2.34. The van der Waals surface area contributed by atoms with Crippen LogP contribution in [0.1, 0.15) is 20.8 Å². The third kappa shape index (κ3) is 2.93. The van der Waals surface area contributed by atoms with E-state index in [1.165, 1.54) is 0 Å². The lowest BCUT2D eigenvalue weighted by Crippen LogP contribution is -2.15. The van der Waals surface area contributed by atoms with Crippen LogP contribution in [-0.4, -0.2) is 25.2 Å². The lowest BCUT2D eigenvalue weighted by molar-refractivity contribution is 0.102. The topological polar surface area (TPSA) is 64.7 Å². The molecule has 6 nitrogen and oxygen atoms in total.